The van der Waals surface area contributed by atoms with Gasteiger partial charge in [-0.3, -0.25) is 9.69 Å². The van der Waals surface area contributed by atoms with Gasteiger partial charge in [0.1, 0.15) is 0 Å². The van der Waals surface area contributed by atoms with Crippen molar-refractivity contribution in [2.75, 3.05) is 13.2 Å². The van der Waals surface area contributed by atoms with E-state index in [9.17, 15) is 4.79 Å². The monoisotopic (exact) mass is 291 g/mol. The first kappa shape index (κ1) is 16.4. The van der Waals surface area contributed by atoms with Crippen LogP contribution in [0, 0.1) is 11.8 Å². The van der Waals surface area contributed by atoms with Crippen LogP contribution in [0.2, 0.25) is 0 Å². The molecule has 0 aromatic carbocycles. The number of rotatable bonds is 4. The van der Waals surface area contributed by atoms with Crippen molar-refractivity contribution < 1.29 is 9.53 Å². The van der Waals surface area contributed by atoms with Gasteiger partial charge in [0, 0.05) is 19.0 Å². The fourth-order valence-corrected chi connectivity index (χ4v) is 3.72. The highest BCUT2D eigenvalue weighted by Crippen LogP contribution is 2.29. The normalized spacial score (nSPS) is 20.9. The van der Waals surface area contributed by atoms with Crippen molar-refractivity contribution in [1.82, 2.24) is 4.90 Å². The number of carbonyl (C=O) groups excluding carboxylic acids is 1. The molecule has 0 atom stereocenters. The van der Waals surface area contributed by atoms with Crippen LogP contribution in [0.1, 0.15) is 71.1 Å². The first-order valence-electron chi connectivity index (χ1n) is 8.62. The van der Waals surface area contributed by atoms with Crippen LogP contribution in [-0.2, 0) is 9.53 Å². The Bertz CT molecular complexity index is 352. The van der Waals surface area contributed by atoms with Gasteiger partial charge in [-0.05, 0) is 25.7 Å². The number of carbonyl (C=O) groups is 1. The van der Waals surface area contributed by atoms with Crippen LogP contribution in [-0.4, -0.2) is 36.1 Å². The lowest BCUT2D eigenvalue weighted by atomic mass is 9.88. The van der Waals surface area contributed by atoms with Crippen LogP contribution in [0.25, 0.3) is 0 Å². The first-order chi connectivity index (χ1) is 10.3. The molecular weight excluding hydrogens is 262 g/mol. The van der Waals surface area contributed by atoms with Crippen LogP contribution >= 0.6 is 0 Å². The summed E-state index contributed by atoms with van der Waals surface area (Å²) in [6, 6.07) is 1.45. The highest BCUT2D eigenvalue weighted by molar-refractivity contribution is 5.66. The Morgan fingerprint density at radius 1 is 0.952 bits per heavy atom. The fraction of sp³-hybridized carbons (Fsp3) is 0.833. The maximum absolute atomic E-state index is 10.7. The molecule has 0 saturated heterocycles. The summed E-state index contributed by atoms with van der Waals surface area (Å²) in [4.78, 5) is 13.4. The molecule has 2 rings (SSSR count). The third kappa shape index (κ3) is 5.71. The summed E-state index contributed by atoms with van der Waals surface area (Å²) in [5.41, 5.74) is 0. The van der Waals surface area contributed by atoms with Gasteiger partial charge in [0.25, 0.3) is 0 Å². The summed E-state index contributed by atoms with van der Waals surface area (Å²) in [7, 11) is 0. The smallest absolute Gasteiger partial charge is 0.303 e. The molecule has 2 fully saturated rings. The zero-order chi connectivity index (χ0) is 14.9. The van der Waals surface area contributed by atoms with Gasteiger partial charge in [-0.2, -0.15) is 0 Å². The minimum atomic E-state index is -0.249. The Morgan fingerprint density at radius 2 is 1.48 bits per heavy atom. The van der Waals surface area contributed by atoms with E-state index in [1.54, 1.807) is 0 Å². The van der Waals surface area contributed by atoms with Gasteiger partial charge >= 0.3 is 5.97 Å². The molecule has 3 nitrogen and oxygen atoms in total. The lowest BCUT2D eigenvalue weighted by Gasteiger charge is -2.40. The summed E-state index contributed by atoms with van der Waals surface area (Å²) in [6.45, 7) is 2.51. The maximum atomic E-state index is 10.7. The number of ether oxygens (including phenoxy) is 1. The summed E-state index contributed by atoms with van der Waals surface area (Å²) in [6.07, 6.45) is 13.6. The van der Waals surface area contributed by atoms with Crippen molar-refractivity contribution in [3.05, 3.63) is 0 Å². The van der Waals surface area contributed by atoms with Gasteiger partial charge in [0.05, 0.1) is 6.54 Å². The second-order valence-electron chi connectivity index (χ2n) is 6.39. The van der Waals surface area contributed by atoms with E-state index in [1.165, 1.54) is 71.1 Å². The SMILES string of the molecule is CC(=O)OCC#CCN(C1CCCCC1)C1CCCCC1. The predicted molar refractivity (Wildman–Crippen MR) is 84.9 cm³/mol. The molecule has 118 valence electrons. The lowest BCUT2D eigenvalue weighted by Crippen LogP contribution is -2.45. The predicted octanol–water partition coefficient (Wildman–Crippen LogP) is 3.52. The van der Waals surface area contributed by atoms with E-state index in [4.69, 9.17) is 4.74 Å². The first-order valence-corrected chi connectivity index (χ1v) is 8.62. The van der Waals surface area contributed by atoms with E-state index in [0.29, 0.717) is 0 Å². The molecule has 0 aliphatic heterocycles. The minimum absolute atomic E-state index is 0.235. The summed E-state index contributed by atoms with van der Waals surface area (Å²) in [5.74, 6) is 5.98. The third-order valence-electron chi connectivity index (χ3n) is 4.82. The second kappa shape index (κ2) is 9.10. The summed E-state index contributed by atoms with van der Waals surface area (Å²) in [5, 5.41) is 0. The Morgan fingerprint density at radius 3 is 1.95 bits per heavy atom. The number of hydrogen-bond acceptors (Lipinski definition) is 3. The quantitative estimate of drug-likeness (QED) is 0.586. The second-order valence-corrected chi connectivity index (χ2v) is 6.39. The van der Waals surface area contributed by atoms with Crippen molar-refractivity contribution in [2.45, 2.75) is 83.2 Å². The van der Waals surface area contributed by atoms with Crippen molar-refractivity contribution >= 4 is 5.97 Å². The van der Waals surface area contributed by atoms with E-state index in [2.05, 4.69) is 16.7 Å². The van der Waals surface area contributed by atoms with Gasteiger partial charge in [0.15, 0.2) is 6.61 Å². The average molecular weight is 291 g/mol. The van der Waals surface area contributed by atoms with Gasteiger partial charge < -0.3 is 4.74 Å². The van der Waals surface area contributed by atoms with E-state index in [0.717, 1.165) is 18.6 Å². The largest absolute Gasteiger partial charge is 0.453 e. The van der Waals surface area contributed by atoms with E-state index < -0.39 is 0 Å². The van der Waals surface area contributed by atoms with Gasteiger partial charge in [-0.15, -0.1) is 0 Å². The molecule has 2 aliphatic carbocycles. The Balaban J connectivity index is 1.89. The highest BCUT2D eigenvalue weighted by atomic mass is 16.5. The van der Waals surface area contributed by atoms with Crippen LogP contribution in [0.4, 0.5) is 0 Å². The van der Waals surface area contributed by atoms with Crippen LogP contribution in [0.5, 0.6) is 0 Å². The van der Waals surface area contributed by atoms with Crippen molar-refractivity contribution in [3.63, 3.8) is 0 Å². The van der Waals surface area contributed by atoms with Gasteiger partial charge in [-0.25, -0.2) is 0 Å². The summed E-state index contributed by atoms with van der Waals surface area (Å²) >= 11 is 0. The molecular formula is C18H29NO2. The molecule has 0 spiro atoms. The van der Waals surface area contributed by atoms with E-state index >= 15 is 0 Å². The molecule has 0 N–H and O–H groups in total. The van der Waals surface area contributed by atoms with Gasteiger partial charge in [0.2, 0.25) is 0 Å². The molecule has 0 bridgehead atoms. The molecule has 0 heterocycles. The molecule has 0 aromatic heterocycles. The van der Waals surface area contributed by atoms with E-state index in [-0.39, 0.29) is 12.6 Å². The molecule has 21 heavy (non-hydrogen) atoms. The van der Waals surface area contributed by atoms with Crippen molar-refractivity contribution in [2.24, 2.45) is 0 Å². The topological polar surface area (TPSA) is 29.5 Å². The molecule has 0 radical (unpaired) electrons. The highest BCUT2D eigenvalue weighted by Gasteiger charge is 2.27. The molecule has 2 aliphatic rings. The standard InChI is InChI=1S/C18H29NO2/c1-16(20)21-15-9-8-14-19(17-10-4-2-5-11-17)18-12-6-3-7-13-18/h17-18H,2-7,10-15H2,1H3. The fourth-order valence-electron chi connectivity index (χ4n) is 3.72. The molecule has 0 aromatic rings. The average Bonchev–Trinajstić information content (AvgIpc) is 2.52. The molecule has 2 saturated carbocycles. The Labute approximate surface area is 129 Å². The zero-order valence-electron chi connectivity index (χ0n) is 13.4. The van der Waals surface area contributed by atoms with Gasteiger partial charge in [-0.1, -0.05) is 50.4 Å². The molecule has 0 unspecified atom stereocenters. The summed E-state index contributed by atoms with van der Waals surface area (Å²) < 4.78 is 4.88. The molecule has 0 amide bonds. The minimum Gasteiger partial charge on any atom is -0.453 e. The maximum Gasteiger partial charge on any atom is 0.303 e. The lowest BCUT2D eigenvalue weighted by molar-refractivity contribution is -0.139. The van der Waals surface area contributed by atoms with Crippen molar-refractivity contribution in [1.29, 1.82) is 0 Å². The number of esters is 1. The van der Waals surface area contributed by atoms with E-state index in [1.807, 2.05) is 0 Å². The van der Waals surface area contributed by atoms with Crippen LogP contribution < -0.4 is 0 Å². The van der Waals surface area contributed by atoms with Crippen molar-refractivity contribution in [3.8, 4) is 11.8 Å². The number of nitrogens with zero attached hydrogens (tertiary/aromatic N) is 1. The third-order valence-corrected chi connectivity index (χ3v) is 4.82. The van der Waals surface area contributed by atoms with Crippen LogP contribution in [0.3, 0.4) is 0 Å². The zero-order valence-corrected chi connectivity index (χ0v) is 13.4. The Hall–Kier alpha value is -1.01. The van der Waals surface area contributed by atoms with Crippen LogP contribution in [0.15, 0.2) is 0 Å². The number of hydrogen-bond donors (Lipinski definition) is 0. The Kier molecular flexibility index (Phi) is 7.09. The molecule has 3 heteroatoms.